The van der Waals surface area contributed by atoms with E-state index in [0.717, 1.165) is 29.0 Å². The summed E-state index contributed by atoms with van der Waals surface area (Å²) in [4.78, 5) is 13.8. The Bertz CT molecular complexity index is 400. The van der Waals surface area contributed by atoms with Gasteiger partial charge >= 0.3 is 0 Å². The molecule has 18 heavy (non-hydrogen) atoms. The minimum atomic E-state index is -0.414. The van der Waals surface area contributed by atoms with Crippen molar-refractivity contribution >= 4 is 23.4 Å². The van der Waals surface area contributed by atoms with Crippen molar-refractivity contribution in [3.63, 3.8) is 0 Å². The van der Waals surface area contributed by atoms with Crippen molar-refractivity contribution in [2.45, 2.75) is 26.3 Å². The van der Waals surface area contributed by atoms with Crippen LogP contribution in [0.5, 0.6) is 0 Å². The normalized spacial score (nSPS) is 12.3. The van der Waals surface area contributed by atoms with Gasteiger partial charge in [0.15, 0.2) is 0 Å². The smallest absolute Gasteiger partial charge is 0.243 e. The summed E-state index contributed by atoms with van der Waals surface area (Å²) < 4.78 is 0. The van der Waals surface area contributed by atoms with Gasteiger partial charge in [-0.15, -0.1) is 0 Å². The summed E-state index contributed by atoms with van der Waals surface area (Å²) in [6, 6.07) is 5.69. The van der Waals surface area contributed by atoms with Crippen LogP contribution in [-0.4, -0.2) is 31.0 Å². The molecule has 0 aromatic heterocycles. The molecule has 1 aromatic carbocycles. The van der Waals surface area contributed by atoms with Gasteiger partial charge in [-0.2, -0.15) is 11.8 Å². The first-order chi connectivity index (χ1) is 8.45. The van der Waals surface area contributed by atoms with E-state index in [1.165, 1.54) is 0 Å². The average Bonchev–Trinajstić information content (AvgIpc) is 2.32. The van der Waals surface area contributed by atoms with E-state index in [4.69, 9.17) is 5.73 Å². The fraction of sp³-hybridized carbons (Fsp3) is 0.500. The van der Waals surface area contributed by atoms with Gasteiger partial charge < -0.3 is 10.6 Å². The van der Waals surface area contributed by atoms with E-state index in [2.05, 4.69) is 6.07 Å². The second-order valence-corrected chi connectivity index (χ2v) is 5.62. The fourth-order valence-electron chi connectivity index (χ4n) is 1.89. The lowest BCUT2D eigenvalue weighted by molar-refractivity contribution is -0.119. The van der Waals surface area contributed by atoms with Crippen LogP contribution in [0.4, 0.5) is 5.69 Å². The highest BCUT2D eigenvalue weighted by molar-refractivity contribution is 7.98. The molecule has 1 atom stereocenters. The van der Waals surface area contributed by atoms with Gasteiger partial charge in [0.2, 0.25) is 5.91 Å². The molecule has 100 valence electrons. The maximum absolute atomic E-state index is 12.2. The Morgan fingerprint density at radius 1 is 1.33 bits per heavy atom. The van der Waals surface area contributed by atoms with Crippen molar-refractivity contribution in [2.24, 2.45) is 5.73 Å². The van der Waals surface area contributed by atoms with Gasteiger partial charge in [0.25, 0.3) is 0 Å². The molecule has 2 N–H and O–H groups in total. The number of benzene rings is 1. The first kappa shape index (κ1) is 15.1. The molecule has 0 saturated heterocycles. The van der Waals surface area contributed by atoms with E-state index >= 15 is 0 Å². The second kappa shape index (κ2) is 6.81. The van der Waals surface area contributed by atoms with Crippen molar-refractivity contribution in [2.75, 3.05) is 24.0 Å². The highest BCUT2D eigenvalue weighted by Gasteiger charge is 2.18. The lowest BCUT2D eigenvalue weighted by atomic mass is 10.1. The summed E-state index contributed by atoms with van der Waals surface area (Å²) in [6.07, 6.45) is 2.74. The third-order valence-corrected chi connectivity index (χ3v) is 3.52. The highest BCUT2D eigenvalue weighted by Crippen LogP contribution is 2.18. The second-order valence-electron chi connectivity index (χ2n) is 4.63. The zero-order valence-corrected chi connectivity index (χ0v) is 12.4. The molecule has 0 aliphatic rings. The Morgan fingerprint density at radius 3 is 2.39 bits per heavy atom. The van der Waals surface area contributed by atoms with Crippen LogP contribution in [0, 0.1) is 13.8 Å². The number of hydrogen-bond donors (Lipinski definition) is 1. The Morgan fingerprint density at radius 2 is 1.89 bits per heavy atom. The molecule has 0 fully saturated rings. The average molecular weight is 266 g/mol. The predicted octanol–water partition coefficient (Wildman–Crippen LogP) is 2.35. The van der Waals surface area contributed by atoms with Crippen LogP contribution >= 0.6 is 11.8 Å². The van der Waals surface area contributed by atoms with Gasteiger partial charge in [0.1, 0.15) is 0 Å². The molecule has 4 heteroatoms. The van der Waals surface area contributed by atoms with Gasteiger partial charge in [-0.1, -0.05) is 6.07 Å². The summed E-state index contributed by atoms with van der Waals surface area (Å²) in [5, 5.41) is 0. The molecule has 0 radical (unpaired) electrons. The summed E-state index contributed by atoms with van der Waals surface area (Å²) >= 11 is 1.71. The zero-order valence-electron chi connectivity index (χ0n) is 11.6. The maximum Gasteiger partial charge on any atom is 0.243 e. The third kappa shape index (κ3) is 4.03. The largest absolute Gasteiger partial charge is 0.320 e. The standard InChI is InChI=1S/C14H22N2OS/c1-10-7-11(2)9-12(8-10)16(3)14(17)13(15)5-6-18-4/h7-9,13H,5-6,15H2,1-4H3/t13-/m1/s1. The number of aryl methyl sites for hydroxylation is 2. The van der Waals surface area contributed by atoms with E-state index in [1.807, 2.05) is 32.2 Å². The Balaban J connectivity index is 2.79. The van der Waals surface area contributed by atoms with Crippen molar-refractivity contribution < 1.29 is 4.79 Å². The topological polar surface area (TPSA) is 46.3 Å². The minimum Gasteiger partial charge on any atom is -0.320 e. The van der Waals surface area contributed by atoms with Crippen LogP contribution in [0.3, 0.4) is 0 Å². The molecule has 0 heterocycles. The lowest BCUT2D eigenvalue weighted by Crippen LogP contribution is -2.42. The molecule has 0 aliphatic carbocycles. The Labute approximate surface area is 114 Å². The van der Waals surface area contributed by atoms with Crippen LogP contribution in [0.2, 0.25) is 0 Å². The molecule has 0 aliphatic heterocycles. The van der Waals surface area contributed by atoms with E-state index < -0.39 is 6.04 Å². The number of hydrogen-bond acceptors (Lipinski definition) is 3. The Hall–Kier alpha value is -1.00. The molecule has 3 nitrogen and oxygen atoms in total. The van der Waals surface area contributed by atoms with Crippen LogP contribution in [0.15, 0.2) is 18.2 Å². The predicted molar refractivity (Wildman–Crippen MR) is 80.3 cm³/mol. The highest BCUT2D eigenvalue weighted by atomic mass is 32.2. The molecule has 0 spiro atoms. The van der Waals surface area contributed by atoms with Crippen molar-refractivity contribution in [1.82, 2.24) is 0 Å². The number of nitrogens with two attached hydrogens (primary N) is 1. The maximum atomic E-state index is 12.2. The number of rotatable bonds is 5. The van der Waals surface area contributed by atoms with Crippen molar-refractivity contribution in [3.8, 4) is 0 Å². The Kier molecular flexibility index (Phi) is 5.69. The van der Waals surface area contributed by atoms with E-state index in [0.29, 0.717) is 0 Å². The van der Waals surface area contributed by atoms with Crippen LogP contribution in [0.1, 0.15) is 17.5 Å². The number of amides is 1. The van der Waals surface area contributed by atoms with Crippen LogP contribution in [0.25, 0.3) is 0 Å². The minimum absolute atomic E-state index is 0.0194. The molecular formula is C14H22N2OS. The van der Waals surface area contributed by atoms with E-state index in [1.54, 1.807) is 23.7 Å². The monoisotopic (exact) mass is 266 g/mol. The number of anilines is 1. The SMILES string of the molecule is CSCC[C@@H](N)C(=O)N(C)c1cc(C)cc(C)c1. The van der Waals surface area contributed by atoms with Crippen molar-refractivity contribution in [3.05, 3.63) is 29.3 Å². The first-order valence-electron chi connectivity index (χ1n) is 6.06. The summed E-state index contributed by atoms with van der Waals surface area (Å²) in [6.45, 7) is 4.06. The summed E-state index contributed by atoms with van der Waals surface area (Å²) in [5.74, 6) is 0.891. The molecule has 1 amide bonds. The van der Waals surface area contributed by atoms with E-state index in [9.17, 15) is 4.79 Å². The number of nitrogens with zero attached hydrogens (tertiary/aromatic N) is 1. The molecule has 1 rings (SSSR count). The first-order valence-corrected chi connectivity index (χ1v) is 7.45. The lowest BCUT2D eigenvalue weighted by Gasteiger charge is -2.22. The quantitative estimate of drug-likeness (QED) is 0.890. The van der Waals surface area contributed by atoms with E-state index in [-0.39, 0.29) is 5.91 Å². The van der Waals surface area contributed by atoms with Gasteiger partial charge in [0, 0.05) is 12.7 Å². The number of carbonyl (C=O) groups is 1. The van der Waals surface area contributed by atoms with Gasteiger partial charge in [-0.25, -0.2) is 0 Å². The van der Waals surface area contributed by atoms with Crippen LogP contribution in [-0.2, 0) is 4.79 Å². The molecule has 0 bridgehead atoms. The van der Waals surface area contributed by atoms with Gasteiger partial charge in [-0.05, 0) is 55.5 Å². The number of thioether (sulfide) groups is 1. The fourth-order valence-corrected chi connectivity index (χ4v) is 2.38. The summed E-state index contributed by atoms with van der Waals surface area (Å²) in [7, 11) is 1.79. The van der Waals surface area contributed by atoms with Crippen molar-refractivity contribution in [1.29, 1.82) is 0 Å². The molecular weight excluding hydrogens is 244 g/mol. The molecule has 1 aromatic rings. The summed E-state index contributed by atoms with van der Waals surface area (Å²) in [5.41, 5.74) is 9.14. The zero-order chi connectivity index (χ0) is 13.7. The van der Waals surface area contributed by atoms with Gasteiger partial charge in [0.05, 0.1) is 6.04 Å². The molecule has 0 saturated carbocycles. The van der Waals surface area contributed by atoms with Gasteiger partial charge in [-0.3, -0.25) is 4.79 Å². The molecule has 0 unspecified atom stereocenters. The van der Waals surface area contributed by atoms with Crippen LogP contribution < -0.4 is 10.6 Å². The number of carbonyl (C=O) groups excluding carboxylic acids is 1. The number of likely N-dealkylation sites (N-methyl/N-ethyl adjacent to an activating group) is 1. The third-order valence-electron chi connectivity index (χ3n) is 2.87.